The first-order valence-corrected chi connectivity index (χ1v) is 8.19. The maximum Gasteiger partial charge on any atom is 0.313 e. The third kappa shape index (κ3) is 14.2. The summed E-state index contributed by atoms with van der Waals surface area (Å²) >= 11 is 11.3. The number of aliphatic carboxylic acids is 3. The van der Waals surface area contributed by atoms with Crippen LogP contribution in [0.2, 0.25) is 0 Å². The molecule has 0 rings (SSSR count). The number of carboxylic acid groups (broad SMARTS) is 3. The Hall–Kier alpha value is -0.540. The normalized spacial score (nSPS) is 12.7. The largest absolute Gasteiger partial charge is 0.481 e. The third-order valence-electron chi connectivity index (χ3n) is 2.63. The Bertz CT molecular complexity index is 300. The van der Waals surface area contributed by atoms with Gasteiger partial charge in [-0.1, -0.05) is 12.8 Å². The average molecular weight is 359 g/mol. The van der Waals surface area contributed by atoms with Gasteiger partial charge in [0.05, 0.1) is 17.6 Å². The molecule has 0 saturated carbocycles. The van der Waals surface area contributed by atoms with Crippen molar-refractivity contribution in [1.29, 1.82) is 0 Å². The van der Waals surface area contributed by atoms with E-state index in [2.05, 4.69) is 37.9 Å². The fourth-order valence-corrected chi connectivity index (χ4v) is 2.04. The molecule has 0 amide bonds. The Kier molecular flexibility index (Phi) is 15.6. The van der Waals surface area contributed by atoms with E-state index in [1.165, 1.54) is 0 Å². The highest BCUT2D eigenvalue weighted by Crippen LogP contribution is 2.16. The van der Waals surface area contributed by atoms with Gasteiger partial charge in [-0.05, 0) is 12.8 Å². The Labute approximate surface area is 140 Å². The number of hydrogen-bond donors (Lipinski definition) is 6. The molecular formula is C12H22O6S3. The number of carbonyl (C=O) groups is 3. The van der Waals surface area contributed by atoms with Crippen molar-refractivity contribution >= 4 is 55.8 Å². The lowest BCUT2D eigenvalue weighted by Crippen LogP contribution is -2.17. The zero-order chi connectivity index (χ0) is 16.8. The van der Waals surface area contributed by atoms with E-state index >= 15 is 0 Å². The summed E-state index contributed by atoms with van der Waals surface area (Å²) in [5, 5.41) is 25.2. The maximum absolute atomic E-state index is 10.7. The van der Waals surface area contributed by atoms with Gasteiger partial charge in [0.25, 0.3) is 0 Å². The van der Waals surface area contributed by atoms with E-state index in [1.807, 2.05) is 0 Å². The second-order valence-corrected chi connectivity index (χ2v) is 5.32. The maximum atomic E-state index is 10.7. The molecule has 2 unspecified atom stereocenters. The number of unbranched alkanes of at least 4 members (excludes halogenated alkanes) is 1. The Morgan fingerprint density at radius 1 is 0.762 bits per heavy atom. The molecule has 0 heterocycles. The molecule has 0 aliphatic heterocycles. The van der Waals surface area contributed by atoms with Gasteiger partial charge in [-0.3, -0.25) is 14.4 Å². The summed E-state index contributed by atoms with van der Waals surface area (Å²) in [4.78, 5) is 30.6. The zero-order valence-electron chi connectivity index (χ0n) is 11.5. The first-order chi connectivity index (χ1) is 9.79. The SMILES string of the molecule is O=C(O)C(CS)CCCCC(CS)C(=O)O.O=C(O)CS. The van der Waals surface area contributed by atoms with Crippen molar-refractivity contribution in [3.05, 3.63) is 0 Å². The highest BCUT2D eigenvalue weighted by atomic mass is 32.1. The molecule has 2 atom stereocenters. The monoisotopic (exact) mass is 358 g/mol. The first-order valence-electron chi connectivity index (χ1n) is 6.30. The number of carboxylic acids is 3. The van der Waals surface area contributed by atoms with E-state index in [4.69, 9.17) is 15.3 Å². The van der Waals surface area contributed by atoms with Gasteiger partial charge in [0, 0.05) is 11.5 Å². The predicted octanol–water partition coefficient (Wildman–Crippen LogP) is 1.81. The van der Waals surface area contributed by atoms with Crippen LogP contribution >= 0.6 is 37.9 Å². The summed E-state index contributed by atoms with van der Waals surface area (Å²) < 4.78 is 0. The lowest BCUT2D eigenvalue weighted by molar-refractivity contribution is -0.142. The van der Waals surface area contributed by atoms with Crippen molar-refractivity contribution in [2.75, 3.05) is 17.3 Å². The van der Waals surface area contributed by atoms with Crippen LogP contribution in [0.15, 0.2) is 0 Å². The molecule has 9 heteroatoms. The van der Waals surface area contributed by atoms with E-state index in [-0.39, 0.29) is 5.75 Å². The van der Waals surface area contributed by atoms with Gasteiger partial charge in [-0.2, -0.15) is 37.9 Å². The van der Waals surface area contributed by atoms with Crippen LogP contribution in [0.3, 0.4) is 0 Å². The fourth-order valence-electron chi connectivity index (χ4n) is 1.37. The second-order valence-electron chi connectivity index (χ2n) is 4.27. The molecule has 0 fully saturated rings. The number of thiol groups is 3. The second kappa shape index (κ2) is 14.4. The summed E-state index contributed by atoms with van der Waals surface area (Å²) in [6, 6.07) is 0. The minimum Gasteiger partial charge on any atom is -0.481 e. The van der Waals surface area contributed by atoms with Gasteiger partial charge >= 0.3 is 17.9 Å². The number of rotatable bonds is 10. The Morgan fingerprint density at radius 2 is 1.05 bits per heavy atom. The molecule has 0 aromatic rings. The minimum absolute atomic E-state index is 0.0833. The summed E-state index contributed by atoms with van der Waals surface area (Å²) in [6.45, 7) is 0. The number of hydrogen-bond acceptors (Lipinski definition) is 6. The Balaban J connectivity index is 0. The van der Waals surface area contributed by atoms with E-state index in [1.54, 1.807) is 0 Å². The summed E-state index contributed by atoms with van der Waals surface area (Å²) in [7, 11) is 0. The topological polar surface area (TPSA) is 112 Å². The van der Waals surface area contributed by atoms with Crippen LogP contribution in [0.4, 0.5) is 0 Å². The Morgan fingerprint density at radius 3 is 1.19 bits per heavy atom. The van der Waals surface area contributed by atoms with E-state index < -0.39 is 29.7 Å². The lowest BCUT2D eigenvalue weighted by atomic mass is 9.99. The van der Waals surface area contributed by atoms with E-state index in [0.29, 0.717) is 24.3 Å². The van der Waals surface area contributed by atoms with Crippen molar-refractivity contribution in [3.8, 4) is 0 Å². The first kappa shape index (κ1) is 22.7. The van der Waals surface area contributed by atoms with Gasteiger partial charge in [-0.15, -0.1) is 0 Å². The molecule has 21 heavy (non-hydrogen) atoms. The van der Waals surface area contributed by atoms with Gasteiger partial charge in [0.2, 0.25) is 0 Å². The van der Waals surface area contributed by atoms with Crippen LogP contribution in [-0.2, 0) is 14.4 Å². The van der Waals surface area contributed by atoms with Crippen LogP contribution in [0.1, 0.15) is 25.7 Å². The van der Waals surface area contributed by atoms with Crippen molar-refractivity contribution < 1.29 is 29.7 Å². The zero-order valence-corrected chi connectivity index (χ0v) is 14.2. The lowest BCUT2D eigenvalue weighted by Gasteiger charge is -2.11. The molecule has 0 aromatic carbocycles. The molecule has 0 spiro atoms. The molecule has 0 aliphatic rings. The molecule has 3 N–H and O–H groups in total. The minimum atomic E-state index is -0.881. The van der Waals surface area contributed by atoms with Crippen molar-refractivity contribution in [3.63, 3.8) is 0 Å². The summed E-state index contributed by atoms with van der Waals surface area (Å²) in [5.41, 5.74) is 0. The van der Waals surface area contributed by atoms with Gasteiger partial charge < -0.3 is 15.3 Å². The van der Waals surface area contributed by atoms with Crippen LogP contribution in [0.5, 0.6) is 0 Å². The molecule has 0 aromatic heterocycles. The average Bonchev–Trinajstić information content (AvgIpc) is 2.42. The molecule has 0 aliphatic carbocycles. The molecular weight excluding hydrogens is 336 g/mol. The fraction of sp³-hybridized carbons (Fsp3) is 0.750. The third-order valence-corrected chi connectivity index (χ3v) is 3.78. The molecule has 6 nitrogen and oxygen atoms in total. The standard InChI is InChI=1S/C10H18O4S2.C2H4O2S/c11-9(12)7(5-15)3-1-2-4-8(6-16)10(13)14;3-2(4)1-5/h7-8,15-16H,1-6H2,(H,11,12)(H,13,14);5H,1H2,(H,3,4). The van der Waals surface area contributed by atoms with Crippen LogP contribution in [-0.4, -0.2) is 50.5 Å². The molecule has 124 valence electrons. The van der Waals surface area contributed by atoms with E-state index in [0.717, 1.165) is 12.8 Å². The molecule has 0 saturated heterocycles. The smallest absolute Gasteiger partial charge is 0.313 e. The predicted molar refractivity (Wildman–Crippen MR) is 89.9 cm³/mol. The highest BCUT2D eigenvalue weighted by molar-refractivity contribution is 7.81. The summed E-state index contributed by atoms with van der Waals surface area (Å²) in [6.07, 6.45) is 2.54. The van der Waals surface area contributed by atoms with Crippen LogP contribution in [0.25, 0.3) is 0 Å². The van der Waals surface area contributed by atoms with Crippen molar-refractivity contribution in [1.82, 2.24) is 0 Å². The van der Waals surface area contributed by atoms with Crippen LogP contribution in [0, 0.1) is 11.8 Å². The van der Waals surface area contributed by atoms with Gasteiger partial charge in [0.15, 0.2) is 0 Å². The van der Waals surface area contributed by atoms with Crippen molar-refractivity contribution in [2.24, 2.45) is 11.8 Å². The van der Waals surface area contributed by atoms with Crippen LogP contribution < -0.4 is 0 Å². The molecule has 0 bridgehead atoms. The van der Waals surface area contributed by atoms with E-state index in [9.17, 15) is 14.4 Å². The van der Waals surface area contributed by atoms with Gasteiger partial charge in [-0.25, -0.2) is 0 Å². The van der Waals surface area contributed by atoms with Crippen molar-refractivity contribution in [2.45, 2.75) is 25.7 Å². The quantitative estimate of drug-likeness (QED) is 0.262. The molecule has 0 radical (unpaired) electrons. The highest BCUT2D eigenvalue weighted by Gasteiger charge is 2.17. The van der Waals surface area contributed by atoms with Gasteiger partial charge in [0.1, 0.15) is 0 Å². The summed E-state index contributed by atoms with van der Waals surface area (Å²) in [5.74, 6) is -2.84.